The first kappa shape index (κ1) is 14.9. The Hall–Kier alpha value is -1.06. The molecule has 0 aliphatic carbocycles. The highest BCUT2D eigenvalue weighted by Gasteiger charge is 2.34. The van der Waals surface area contributed by atoms with Crippen molar-refractivity contribution in [2.45, 2.75) is 40.5 Å². The molecule has 0 spiro atoms. The van der Waals surface area contributed by atoms with E-state index in [4.69, 9.17) is 9.47 Å². The number of ether oxygens (including phenoxy) is 2. The van der Waals surface area contributed by atoms with Crippen molar-refractivity contribution in [3.05, 3.63) is 0 Å². The summed E-state index contributed by atoms with van der Waals surface area (Å²) in [4.78, 5) is 23.3. The van der Waals surface area contributed by atoms with Gasteiger partial charge in [0.05, 0.1) is 13.2 Å². The molecule has 0 aliphatic rings. The van der Waals surface area contributed by atoms with Gasteiger partial charge in [0.15, 0.2) is 5.92 Å². The maximum absolute atomic E-state index is 11.7. The minimum atomic E-state index is -0.778. The Morgan fingerprint density at radius 2 is 1.44 bits per heavy atom. The van der Waals surface area contributed by atoms with Crippen molar-refractivity contribution in [3.8, 4) is 0 Å². The fraction of sp³-hybridized carbons (Fsp3) is 0.833. The van der Waals surface area contributed by atoms with Crippen molar-refractivity contribution in [3.63, 3.8) is 0 Å². The molecule has 0 aromatic heterocycles. The first-order valence-corrected chi connectivity index (χ1v) is 5.91. The van der Waals surface area contributed by atoms with Gasteiger partial charge in [0.25, 0.3) is 0 Å². The van der Waals surface area contributed by atoms with Crippen LogP contribution < -0.4 is 0 Å². The van der Waals surface area contributed by atoms with Crippen LogP contribution in [0.3, 0.4) is 0 Å². The van der Waals surface area contributed by atoms with Crippen molar-refractivity contribution in [2.75, 3.05) is 13.2 Å². The van der Waals surface area contributed by atoms with E-state index in [0.29, 0.717) is 0 Å². The molecule has 4 heteroatoms. The van der Waals surface area contributed by atoms with Gasteiger partial charge in [-0.25, -0.2) is 0 Å². The molecule has 94 valence electrons. The molecule has 1 atom stereocenters. The van der Waals surface area contributed by atoms with E-state index in [9.17, 15) is 9.59 Å². The van der Waals surface area contributed by atoms with Crippen molar-refractivity contribution in [1.82, 2.24) is 0 Å². The predicted molar refractivity (Wildman–Crippen MR) is 60.8 cm³/mol. The minimum Gasteiger partial charge on any atom is -0.465 e. The van der Waals surface area contributed by atoms with Gasteiger partial charge in [0, 0.05) is 0 Å². The average Bonchev–Trinajstić information content (AvgIpc) is 2.19. The maximum Gasteiger partial charge on any atom is 0.320 e. The molecule has 0 unspecified atom stereocenters. The first-order valence-electron chi connectivity index (χ1n) is 5.91. The van der Waals surface area contributed by atoms with Gasteiger partial charge in [-0.15, -0.1) is 0 Å². The number of rotatable bonds is 7. The van der Waals surface area contributed by atoms with Crippen LogP contribution in [0.2, 0.25) is 0 Å². The van der Waals surface area contributed by atoms with Gasteiger partial charge in [0.2, 0.25) is 0 Å². The number of carbonyl (C=O) groups is 2. The molecule has 0 fully saturated rings. The lowest BCUT2D eigenvalue weighted by atomic mass is 9.90. The molecule has 0 saturated heterocycles. The summed E-state index contributed by atoms with van der Waals surface area (Å²) in [5.74, 6) is -1.76. The third-order valence-corrected chi connectivity index (χ3v) is 2.39. The fourth-order valence-corrected chi connectivity index (χ4v) is 1.65. The molecule has 0 aromatic carbocycles. The highest BCUT2D eigenvalue weighted by molar-refractivity contribution is 5.95. The van der Waals surface area contributed by atoms with E-state index >= 15 is 0 Å². The number of esters is 2. The summed E-state index contributed by atoms with van der Waals surface area (Å²) >= 11 is 0. The summed E-state index contributed by atoms with van der Waals surface area (Å²) in [6.07, 6.45) is 1.73. The lowest BCUT2D eigenvalue weighted by Gasteiger charge is -2.20. The average molecular weight is 230 g/mol. The molecule has 0 radical (unpaired) electrons. The van der Waals surface area contributed by atoms with Crippen LogP contribution in [0.5, 0.6) is 0 Å². The summed E-state index contributed by atoms with van der Waals surface area (Å²) in [5.41, 5.74) is 0. The summed E-state index contributed by atoms with van der Waals surface area (Å²) in [6, 6.07) is 0. The first-order chi connectivity index (χ1) is 7.58. The quantitative estimate of drug-likeness (QED) is 0.497. The monoisotopic (exact) mass is 230 g/mol. The Kier molecular flexibility index (Phi) is 7.60. The van der Waals surface area contributed by atoms with Crippen molar-refractivity contribution >= 4 is 11.9 Å². The Bertz CT molecular complexity index is 207. The normalized spacial score (nSPS) is 12.3. The van der Waals surface area contributed by atoms with Crippen LogP contribution in [-0.2, 0) is 19.1 Å². The molecule has 0 rings (SSSR count). The van der Waals surface area contributed by atoms with Gasteiger partial charge in [0.1, 0.15) is 0 Å². The van der Waals surface area contributed by atoms with Crippen LogP contribution in [-0.4, -0.2) is 25.2 Å². The molecule has 0 amide bonds. The second kappa shape index (κ2) is 8.13. The standard InChI is InChI=1S/C12H22O4/c1-5-8-9(4)10(11(13)15-6-2)12(14)16-7-3/h9-10H,5-8H2,1-4H3/t9-/m0/s1. The van der Waals surface area contributed by atoms with Crippen molar-refractivity contribution < 1.29 is 19.1 Å². The third-order valence-electron chi connectivity index (χ3n) is 2.39. The van der Waals surface area contributed by atoms with Crippen LogP contribution in [0.15, 0.2) is 0 Å². The van der Waals surface area contributed by atoms with E-state index in [2.05, 4.69) is 0 Å². The SMILES string of the molecule is CCC[C@H](C)C(C(=O)OCC)C(=O)OCC. The topological polar surface area (TPSA) is 52.6 Å². The van der Waals surface area contributed by atoms with E-state index in [1.54, 1.807) is 13.8 Å². The van der Waals surface area contributed by atoms with Crippen molar-refractivity contribution in [1.29, 1.82) is 0 Å². The number of hydrogen-bond acceptors (Lipinski definition) is 4. The Morgan fingerprint density at radius 1 is 1.00 bits per heavy atom. The van der Waals surface area contributed by atoms with Crippen LogP contribution in [0.25, 0.3) is 0 Å². The lowest BCUT2D eigenvalue weighted by Crippen LogP contribution is -2.33. The van der Waals surface area contributed by atoms with Crippen molar-refractivity contribution in [2.24, 2.45) is 11.8 Å². The predicted octanol–water partition coefficient (Wildman–Crippen LogP) is 2.17. The van der Waals surface area contributed by atoms with Gasteiger partial charge < -0.3 is 9.47 Å². The van der Waals surface area contributed by atoms with Gasteiger partial charge in [-0.05, 0) is 26.2 Å². The fourth-order valence-electron chi connectivity index (χ4n) is 1.65. The largest absolute Gasteiger partial charge is 0.465 e. The summed E-state index contributed by atoms with van der Waals surface area (Å²) < 4.78 is 9.80. The van der Waals surface area contributed by atoms with Gasteiger partial charge in [-0.2, -0.15) is 0 Å². The molecule has 0 bridgehead atoms. The molecule has 0 N–H and O–H groups in total. The Balaban J connectivity index is 4.60. The minimum absolute atomic E-state index is 0.0388. The Labute approximate surface area is 97.3 Å². The van der Waals surface area contributed by atoms with E-state index < -0.39 is 17.9 Å². The van der Waals surface area contributed by atoms with E-state index in [0.717, 1.165) is 12.8 Å². The van der Waals surface area contributed by atoms with Gasteiger partial charge in [-0.3, -0.25) is 9.59 Å². The maximum atomic E-state index is 11.7. The molecular formula is C12H22O4. The molecular weight excluding hydrogens is 208 g/mol. The molecule has 0 heterocycles. The zero-order valence-corrected chi connectivity index (χ0v) is 10.6. The lowest BCUT2D eigenvalue weighted by molar-refractivity contribution is -0.164. The molecule has 0 saturated carbocycles. The third kappa shape index (κ3) is 4.64. The highest BCUT2D eigenvalue weighted by atomic mass is 16.6. The second-order valence-electron chi connectivity index (χ2n) is 3.75. The van der Waals surface area contributed by atoms with Crippen LogP contribution in [0.1, 0.15) is 40.5 Å². The van der Waals surface area contributed by atoms with Crippen LogP contribution in [0.4, 0.5) is 0 Å². The molecule has 0 aliphatic heterocycles. The second-order valence-corrected chi connectivity index (χ2v) is 3.75. The number of carbonyl (C=O) groups excluding carboxylic acids is 2. The molecule has 16 heavy (non-hydrogen) atoms. The zero-order chi connectivity index (χ0) is 12.6. The molecule has 4 nitrogen and oxygen atoms in total. The Morgan fingerprint density at radius 3 is 1.75 bits per heavy atom. The smallest absolute Gasteiger partial charge is 0.320 e. The number of hydrogen-bond donors (Lipinski definition) is 0. The zero-order valence-electron chi connectivity index (χ0n) is 10.6. The summed E-state index contributed by atoms with van der Waals surface area (Å²) in [7, 11) is 0. The van der Waals surface area contributed by atoms with Crippen LogP contribution in [0, 0.1) is 11.8 Å². The summed E-state index contributed by atoms with van der Waals surface area (Å²) in [6.45, 7) is 7.92. The van der Waals surface area contributed by atoms with E-state index in [1.807, 2.05) is 13.8 Å². The van der Waals surface area contributed by atoms with E-state index in [1.165, 1.54) is 0 Å². The van der Waals surface area contributed by atoms with Gasteiger partial charge >= 0.3 is 11.9 Å². The molecule has 0 aromatic rings. The van der Waals surface area contributed by atoms with E-state index in [-0.39, 0.29) is 19.1 Å². The summed E-state index contributed by atoms with van der Waals surface area (Å²) in [5, 5.41) is 0. The highest BCUT2D eigenvalue weighted by Crippen LogP contribution is 2.20. The van der Waals surface area contributed by atoms with Gasteiger partial charge in [-0.1, -0.05) is 20.3 Å². The van der Waals surface area contributed by atoms with Crippen LogP contribution >= 0.6 is 0 Å².